The van der Waals surface area contributed by atoms with Gasteiger partial charge in [-0.2, -0.15) is 4.98 Å². The van der Waals surface area contributed by atoms with Gasteiger partial charge in [0, 0.05) is 0 Å². The van der Waals surface area contributed by atoms with Crippen LogP contribution in [0.4, 0.5) is 0 Å². The van der Waals surface area contributed by atoms with Crippen molar-refractivity contribution in [2.75, 3.05) is 0 Å². The van der Waals surface area contributed by atoms with Gasteiger partial charge in [-0.15, -0.1) is 11.3 Å². The first kappa shape index (κ1) is 12.4. The normalized spacial score (nSPS) is 10.6. The van der Waals surface area contributed by atoms with E-state index >= 15 is 0 Å². The predicted octanol–water partition coefficient (Wildman–Crippen LogP) is 4.14. The van der Waals surface area contributed by atoms with Crippen LogP contribution >= 0.6 is 27.3 Å². The Morgan fingerprint density at radius 1 is 1.21 bits per heavy atom. The first-order valence-corrected chi connectivity index (χ1v) is 7.24. The Kier molecular flexibility index (Phi) is 3.61. The number of hydrogen-bond acceptors (Lipinski definition) is 5. The number of para-hydroxylation sites is 1. The molecule has 3 rings (SSSR count). The molecular formula is C13H9BrN2O2S. The van der Waals surface area contributed by atoms with Crippen molar-refractivity contribution < 1.29 is 9.26 Å². The van der Waals surface area contributed by atoms with E-state index in [0.717, 1.165) is 15.1 Å². The molecule has 0 spiro atoms. The summed E-state index contributed by atoms with van der Waals surface area (Å²) in [4.78, 5) is 5.25. The summed E-state index contributed by atoms with van der Waals surface area (Å²) in [6.07, 6.45) is 0. The molecule has 0 bridgehead atoms. The fourth-order valence-electron chi connectivity index (χ4n) is 1.52. The summed E-state index contributed by atoms with van der Waals surface area (Å²) in [6.45, 7) is 0.275. The van der Waals surface area contributed by atoms with Crippen molar-refractivity contribution >= 4 is 27.3 Å². The number of hydrogen-bond donors (Lipinski definition) is 0. The second-order valence-corrected chi connectivity index (χ2v) is 5.51. The number of nitrogens with zero attached hydrogens (tertiary/aromatic N) is 2. The highest BCUT2D eigenvalue weighted by Crippen LogP contribution is 2.25. The molecule has 0 atom stereocenters. The molecule has 0 aliphatic carbocycles. The van der Waals surface area contributed by atoms with Crippen molar-refractivity contribution in [3.8, 4) is 16.5 Å². The highest BCUT2D eigenvalue weighted by molar-refractivity contribution is 9.10. The van der Waals surface area contributed by atoms with E-state index in [4.69, 9.17) is 9.26 Å². The molecule has 0 saturated carbocycles. The summed E-state index contributed by atoms with van der Waals surface area (Å²) >= 11 is 4.98. The lowest BCUT2D eigenvalue weighted by Gasteiger charge is -2.04. The zero-order valence-electron chi connectivity index (χ0n) is 9.75. The van der Waals surface area contributed by atoms with Crippen LogP contribution in [0.1, 0.15) is 5.82 Å². The van der Waals surface area contributed by atoms with Crippen molar-refractivity contribution in [2.45, 2.75) is 6.61 Å². The summed E-state index contributed by atoms with van der Waals surface area (Å²) in [5, 5.41) is 5.87. The molecule has 0 radical (unpaired) electrons. The third-order valence-corrected chi connectivity index (χ3v) is 3.91. The maximum Gasteiger partial charge on any atom is 0.268 e. The zero-order valence-corrected chi connectivity index (χ0v) is 12.1. The molecule has 0 unspecified atom stereocenters. The Labute approximate surface area is 122 Å². The van der Waals surface area contributed by atoms with E-state index in [1.807, 2.05) is 41.8 Å². The van der Waals surface area contributed by atoms with Gasteiger partial charge in [-0.05, 0) is 39.5 Å². The number of halogens is 1. The van der Waals surface area contributed by atoms with Gasteiger partial charge >= 0.3 is 0 Å². The molecule has 19 heavy (non-hydrogen) atoms. The summed E-state index contributed by atoms with van der Waals surface area (Å²) in [5.74, 6) is 1.81. The number of rotatable bonds is 4. The SMILES string of the molecule is Brc1ccccc1OCc1noc(-c2cccs2)n1. The maximum absolute atomic E-state index is 5.63. The second-order valence-electron chi connectivity index (χ2n) is 3.71. The van der Waals surface area contributed by atoms with Crippen LogP contribution in [0.5, 0.6) is 5.75 Å². The van der Waals surface area contributed by atoms with Crippen molar-refractivity contribution in [2.24, 2.45) is 0 Å². The van der Waals surface area contributed by atoms with Crippen molar-refractivity contribution in [3.05, 3.63) is 52.1 Å². The van der Waals surface area contributed by atoms with E-state index in [-0.39, 0.29) is 6.61 Å². The highest BCUT2D eigenvalue weighted by Gasteiger charge is 2.10. The predicted molar refractivity (Wildman–Crippen MR) is 76.1 cm³/mol. The Bertz CT molecular complexity index is 667. The third-order valence-electron chi connectivity index (χ3n) is 2.39. The van der Waals surface area contributed by atoms with Crippen LogP contribution < -0.4 is 4.74 Å². The fraction of sp³-hybridized carbons (Fsp3) is 0.0769. The molecule has 0 aliphatic heterocycles. The van der Waals surface area contributed by atoms with E-state index < -0.39 is 0 Å². The molecule has 0 saturated heterocycles. The summed E-state index contributed by atoms with van der Waals surface area (Å²) in [6, 6.07) is 11.5. The smallest absolute Gasteiger partial charge is 0.268 e. The molecule has 0 fully saturated rings. The van der Waals surface area contributed by atoms with Gasteiger partial charge in [0.15, 0.2) is 6.61 Å². The number of benzene rings is 1. The molecule has 1 aromatic carbocycles. The van der Waals surface area contributed by atoms with E-state index in [1.54, 1.807) is 11.3 Å². The second kappa shape index (κ2) is 5.54. The van der Waals surface area contributed by atoms with Gasteiger partial charge in [0.25, 0.3) is 5.89 Å². The summed E-state index contributed by atoms with van der Waals surface area (Å²) in [5.41, 5.74) is 0. The molecule has 0 N–H and O–H groups in total. The molecular weight excluding hydrogens is 328 g/mol. The molecule has 96 valence electrons. The van der Waals surface area contributed by atoms with Gasteiger partial charge in [-0.1, -0.05) is 23.4 Å². The quantitative estimate of drug-likeness (QED) is 0.718. The minimum absolute atomic E-state index is 0.275. The monoisotopic (exact) mass is 336 g/mol. The van der Waals surface area contributed by atoms with Crippen LogP contribution in [0.25, 0.3) is 10.8 Å². The molecule has 0 aliphatic rings. The van der Waals surface area contributed by atoms with Crippen LogP contribution in [0.3, 0.4) is 0 Å². The molecule has 2 aromatic heterocycles. The zero-order chi connectivity index (χ0) is 13.1. The molecule has 6 heteroatoms. The number of ether oxygens (including phenoxy) is 1. The number of aromatic nitrogens is 2. The van der Waals surface area contributed by atoms with Gasteiger partial charge in [-0.3, -0.25) is 0 Å². The average molecular weight is 337 g/mol. The van der Waals surface area contributed by atoms with Crippen LogP contribution in [-0.4, -0.2) is 10.1 Å². The minimum atomic E-state index is 0.275. The lowest BCUT2D eigenvalue weighted by Crippen LogP contribution is -1.97. The Morgan fingerprint density at radius 2 is 2.11 bits per heavy atom. The van der Waals surface area contributed by atoms with E-state index in [1.165, 1.54) is 0 Å². The standard InChI is InChI=1S/C13H9BrN2O2S/c14-9-4-1-2-5-10(9)17-8-12-15-13(18-16-12)11-6-3-7-19-11/h1-7H,8H2. The van der Waals surface area contributed by atoms with E-state index in [0.29, 0.717) is 11.7 Å². The van der Waals surface area contributed by atoms with Gasteiger partial charge in [0.2, 0.25) is 5.82 Å². The van der Waals surface area contributed by atoms with Crippen LogP contribution in [0, 0.1) is 0 Å². The lowest BCUT2D eigenvalue weighted by molar-refractivity contribution is 0.285. The fourth-order valence-corrected chi connectivity index (χ4v) is 2.56. The summed E-state index contributed by atoms with van der Waals surface area (Å²) in [7, 11) is 0. The van der Waals surface area contributed by atoms with Crippen LogP contribution in [0.2, 0.25) is 0 Å². The van der Waals surface area contributed by atoms with Crippen LogP contribution in [0.15, 0.2) is 50.8 Å². The minimum Gasteiger partial charge on any atom is -0.484 e. The van der Waals surface area contributed by atoms with Crippen LogP contribution in [-0.2, 0) is 6.61 Å². The van der Waals surface area contributed by atoms with Gasteiger partial charge in [0.1, 0.15) is 5.75 Å². The molecule has 2 heterocycles. The highest BCUT2D eigenvalue weighted by atomic mass is 79.9. The lowest BCUT2D eigenvalue weighted by atomic mass is 10.3. The molecule has 0 amide bonds. The summed E-state index contributed by atoms with van der Waals surface area (Å²) < 4.78 is 11.7. The van der Waals surface area contributed by atoms with Crippen molar-refractivity contribution in [3.63, 3.8) is 0 Å². The topological polar surface area (TPSA) is 48.2 Å². The van der Waals surface area contributed by atoms with Crippen molar-refractivity contribution in [1.29, 1.82) is 0 Å². The van der Waals surface area contributed by atoms with Crippen molar-refractivity contribution in [1.82, 2.24) is 10.1 Å². The molecule has 4 nitrogen and oxygen atoms in total. The van der Waals surface area contributed by atoms with Gasteiger partial charge in [0.05, 0.1) is 9.35 Å². The first-order chi connectivity index (χ1) is 9.33. The van der Waals surface area contributed by atoms with E-state index in [2.05, 4.69) is 26.1 Å². The molecule has 3 aromatic rings. The van der Waals surface area contributed by atoms with Gasteiger partial charge in [-0.25, -0.2) is 0 Å². The Balaban J connectivity index is 1.70. The third kappa shape index (κ3) is 2.85. The number of thiophene rings is 1. The Hall–Kier alpha value is -1.66. The Morgan fingerprint density at radius 3 is 2.89 bits per heavy atom. The largest absolute Gasteiger partial charge is 0.484 e. The first-order valence-electron chi connectivity index (χ1n) is 5.57. The average Bonchev–Trinajstić information content (AvgIpc) is 3.09. The van der Waals surface area contributed by atoms with E-state index in [9.17, 15) is 0 Å². The van der Waals surface area contributed by atoms with Gasteiger partial charge < -0.3 is 9.26 Å². The maximum atomic E-state index is 5.63.